The molecule has 0 spiro atoms. The minimum Gasteiger partial charge on any atom is -0.375 e. The van der Waals surface area contributed by atoms with Crippen LogP contribution < -0.4 is 0 Å². The molecule has 0 radical (unpaired) electrons. The summed E-state index contributed by atoms with van der Waals surface area (Å²) < 4.78 is 38.1. The lowest BCUT2D eigenvalue weighted by molar-refractivity contribution is 0.0853. The summed E-state index contributed by atoms with van der Waals surface area (Å²) in [4.78, 5) is 0. The molecule has 1 N–H and O–H groups in total. The molecule has 2 rings (SSSR count). The second-order valence-electron chi connectivity index (χ2n) is 4.59. The van der Waals surface area contributed by atoms with Crippen LogP contribution in [-0.4, -0.2) is 41.7 Å². The standard InChI is InChI=1S/C12H17NO4S2/c14-19(15,16)13-7-12(18)6-11(13)9-17-8-10-4-2-1-3-5-10/h1-5,11-12,18H,6-9H2,(H,14,15,16). The maximum Gasteiger partial charge on any atom is 0.336 e. The largest absolute Gasteiger partial charge is 0.375 e. The Bertz CT molecular complexity index is 506. The summed E-state index contributed by atoms with van der Waals surface area (Å²) in [6.07, 6.45) is 0.581. The van der Waals surface area contributed by atoms with Gasteiger partial charge in [0.15, 0.2) is 0 Å². The Balaban J connectivity index is 1.88. The first-order valence-electron chi connectivity index (χ1n) is 6.01. The van der Waals surface area contributed by atoms with E-state index in [1.54, 1.807) is 0 Å². The Morgan fingerprint density at radius 2 is 2.05 bits per heavy atom. The summed E-state index contributed by atoms with van der Waals surface area (Å²) >= 11 is 4.26. The number of hydrogen-bond acceptors (Lipinski definition) is 4. The quantitative estimate of drug-likeness (QED) is 0.637. The maximum absolute atomic E-state index is 11.2. The van der Waals surface area contributed by atoms with Gasteiger partial charge in [-0.2, -0.15) is 25.4 Å². The maximum atomic E-state index is 11.2. The summed E-state index contributed by atoms with van der Waals surface area (Å²) in [7, 11) is -4.18. The van der Waals surface area contributed by atoms with Gasteiger partial charge in [-0.1, -0.05) is 30.3 Å². The van der Waals surface area contributed by atoms with Gasteiger partial charge >= 0.3 is 10.3 Å². The molecule has 0 aliphatic carbocycles. The Kier molecular flexibility index (Phi) is 4.86. The lowest BCUT2D eigenvalue weighted by atomic mass is 10.2. The van der Waals surface area contributed by atoms with Gasteiger partial charge in [0, 0.05) is 11.8 Å². The van der Waals surface area contributed by atoms with E-state index in [1.165, 1.54) is 0 Å². The summed E-state index contributed by atoms with van der Waals surface area (Å²) in [5.74, 6) is 0. The van der Waals surface area contributed by atoms with Gasteiger partial charge in [0.2, 0.25) is 0 Å². The van der Waals surface area contributed by atoms with E-state index in [2.05, 4.69) is 12.6 Å². The molecule has 0 amide bonds. The van der Waals surface area contributed by atoms with E-state index in [1.807, 2.05) is 30.3 Å². The van der Waals surface area contributed by atoms with E-state index in [-0.39, 0.29) is 24.4 Å². The summed E-state index contributed by atoms with van der Waals surface area (Å²) in [6, 6.07) is 9.30. The third-order valence-electron chi connectivity index (χ3n) is 3.06. The Morgan fingerprint density at radius 3 is 2.68 bits per heavy atom. The van der Waals surface area contributed by atoms with E-state index < -0.39 is 10.3 Å². The summed E-state index contributed by atoms with van der Waals surface area (Å²) in [5, 5.41) is -0.0627. The highest BCUT2D eigenvalue weighted by Gasteiger charge is 2.37. The molecule has 1 aromatic rings. The molecule has 106 valence electrons. The zero-order valence-electron chi connectivity index (χ0n) is 10.3. The first kappa shape index (κ1) is 14.8. The van der Waals surface area contributed by atoms with Crippen LogP contribution in [0.2, 0.25) is 0 Å². The molecule has 0 aromatic heterocycles. The molecular weight excluding hydrogens is 286 g/mol. The van der Waals surface area contributed by atoms with Gasteiger partial charge in [0.1, 0.15) is 0 Å². The third-order valence-corrected chi connectivity index (χ3v) is 4.47. The van der Waals surface area contributed by atoms with Crippen molar-refractivity contribution in [3.05, 3.63) is 35.9 Å². The van der Waals surface area contributed by atoms with Gasteiger partial charge in [0.05, 0.1) is 19.3 Å². The van der Waals surface area contributed by atoms with Crippen LogP contribution in [0.3, 0.4) is 0 Å². The lowest BCUT2D eigenvalue weighted by Gasteiger charge is -2.20. The smallest absolute Gasteiger partial charge is 0.336 e. The average molecular weight is 303 g/mol. The Morgan fingerprint density at radius 1 is 1.37 bits per heavy atom. The Hall–Kier alpha value is -0.600. The molecule has 0 saturated carbocycles. The van der Waals surface area contributed by atoms with E-state index in [9.17, 15) is 8.42 Å². The molecule has 2 atom stereocenters. The number of hydrogen-bond donors (Lipinski definition) is 2. The van der Waals surface area contributed by atoms with Crippen LogP contribution >= 0.6 is 12.6 Å². The van der Waals surface area contributed by atoms with Crippen LogP contribution in [0.1, 0.15) is 12.0 Å². The predicted molar refractivity (Wildman–Crippen MR) is 75.5 cm³/mol. The van der Waals surface area contributed by atoms with Crippen molar-refractivity contribution < 1.29 is 17.7 Å². The van der Waals surface area contributed by atoms with Gasteiger partial charge in [-0.3, -0.25) is 4.55 Å². The number of benzene rings is 1. The van der Waals surface area contributed by atoms with Crippen molar-refractivity contribution in [2.45, 2.75) is 24.3 Å². The molecule has 1 aliphatic rings. The van der Waals surface area contributed by atoms with Gasteiger partial charge in [-0.25, -0.2) is 0 Å². The second kappa shape index (κ2) is 6.23. The summed E-state index contributed by atoms with van der Waals surface area (Å²) in [6.45, 7) is 0.904. The van der Waals surface area contributed by atoms with Gasteiger partial charge in [0.25, 0.3) is 0 Å². The van der Waals surface area contributed by atoms with Crippen LogP contribution in [0.25, 0.3) is 0 Å². The fourth-order valence-corrected chi connectivity index (χ4v) is 3.61. The van der Waals surface area contributed by atoms with Crippen molar-refractivity contribution in [1.82, 2.24) is 4.31 Å². The molecule has 0 bridgehead atoms. The molecule has 1 saturated heterocycles. The van der Waals surface area contributed by atoms with Gasteiger partial charge in [-0.15, -0.1) is 0 Å². The minimum absolute atomic E-state index is 0.0627. The number of nitrogens with zero attached hydrogens (tertiary/aromatic N) is 1. The third kappa shape index (κ3) is 4.19. The van der Waals surface area contributed by atoms with E-state index in [0.717, 1.165) is 9.87 Å². The monoisotopic (exact) mass is 303 g/mol. The summed E-state index contributed by atoms with van der Waals surface area (Å²) in [5.41, 5.74) is 1.03. The van der Waals surface area contributed by atoms with E-state index in [4.69, 9.17) is 9.29 Å². The number of rotatable bonds is 5. The number of ether oxygens (including phenoxy) is 1. The van der Waals surface area contributed by atoms with Crippen LogP contribution in [0.4, 0.5) is 0 Å². The first-order valence-corrected chi connectivity index (χ1v) is 7.92. The minimum atomic E-state index is -4.18. The normalized spacial score (nSPS) is 24.7. The van der Waals surface area contributed by atoms with Gasteiger partial charge in [-0.05, 0) is 12.0 Å². The molecule has 1 fully saturated rings. The zero-order valence-corrected chi connectivity index (χ0v) is 12.1. The molecule has 5 nitrogen and oxygen atoms in total. The van der Waals surface area contributed by atoms with Crippen molar-refractivity contribution in [1.29, 1.82) is 0 Å². The van der Waals surface area contributed by atoms with Crippen molar-refractivity contribution in [2.75, 3.05) is 13.2 Å². The van der Waals surface area contributed by atoms with Crippen molar-refractivity contribution >= 4 is 22.9 Å². The fourth-order valence-electron chi connectivity index (χ4n) is 2.18. The molecule has 2 unspecified atom stereocenters. The highest BCUT2D eigenvalue weighted by molar-refractivity contribution is 7.83. The highest BCUT2D eigenvalue weighted by Crippen LogP contribution is 2.24. The second-order valence-corrected chi connectivity index (χ2v) is 6.69. The van der Waals surface area contributed by atoms with Crippen LogP contribution in [-0.2, 0) is 21.6 Å². The van der Waals surface area contributed by atoms with Crippen LogP contribution in [0, 0.1) is 0 Å². The van der Waals surface area contributed by atoms with Gasteiger partial charge < -0.3 is 4.74 Å². The van der Waals surface area contributed by atoms with Crippen LogP contribution in [0.15, 0.2) is 30.3 Å². The van der Waals surface area contributed by atoms with Crippen molar-refractivity contribution in [3.63, 3.8) is 0 Å². The molecule has 7 heteroatoms. The van der Waals surface area contributed by atoms with E-state index in [0.29, 0.717) is 13.0 Å². The average Bonchev–Trinajstić information content (AvgIpc) is 2.72. The molecule has 1 heterocycles. The highest BCUT2D eigenvalue weighted by atomic mass is 32.2. The van der Waals surface area contributed by atoms with Crippen molar-refractivity contribution in [2.24, 2.45) is 0 Å². The topological polar surface area (TPSA) is 66.8 Å². The molecule has 1 aromatic carbocycles. The number of thiol groups is 1. The zero-order chi connectivity index (χ0) is 13.9. The Labute approximate surface area is 118 Å². The van der Waals surface area contributed by atoms with E-state index >= 15 is 0 Å². The first-order chi connectivity index (χ1) is 8.97. The SMILES string of the molecule is O=S(=O)(O)N1CC(S)CC1COCc1ccccc1. The molecular formula is C12H17NO4S2. The fraction of sp³-hybridized carbons (Fsp3) is 0.500. The lowest BCUT2D eigenvalue weighted by Crippen LogP contribution is -2.37. The predicted octanol–water partition coefficient (Wildman–Crippen LogP) is 1.38. The van der Waals surface area contributed by atoms with Crippen molar-refractivity contribution in [3.8, 4) is 0 Å². The van der Waals surface area contributed by atoms with Crippen LogP contribution in [0.5, 0.6) is 0 Å². The molecule has 19 heavy (non-hydrogen) atoms. The molecule has 1 aliphatic heterocycles.